The predicted octanol–water partition coefficient (Wildman–Crippen LogP) is 4.55. The molecule has 1 aliphatic rings. The normalized spacial score (nSPS) is 15.0. The summed E-state index contributed by atoms with van der Waals surface area (Å²) in [5.74, 6) is -0.0403. The van der Waals surface area contributed by atoms with E-state index < -0.39 is 0 Å². The van der Waals surface area contributed by atoms with Crippen molar-refractivity contribution in [2.75, 3.05) is 0 Å². The fourth-order valence-electron chi connectivity index (χ4n) is 2.96. The number of carbonyl (C=O) groups excluding carboxylic acids is 1. The average Bonchev–Trinajstić information content (AvgIpc) is 3.18. The number of benzene rings is 2. The van der Waals surface area contributed by atoms with Gasteiger partial charge in [0.15, 0.2) is 0 Å². The van der Waals surface area contributed by atoms with Gasteiger partial charge in [-0.05, 0) is 66.9 Å². The summed E-state index contributed by atoms with van der Waals surface area (Å²) in [6.07, 6.45) is 5.88. The third-order valence-electron chi connectivity index (χ3n) is 4.53. The number of hydrogen-bond acceptors (Lipinski definition) is 1. The number of aromatic nitrogens is 1. The maximum absolute atomic E-state index is 12.6. The molecule has 2 aromatic carbocycles. The van der Waals surface area contributed by atoms with Crippen molar-refractivity contribution in [3.05, 3.63) is 89.2 Å². The Morgan fingerprint density at radius 2 is 1.58 bits per heavy atom. The van der Waals surface area contributed by atoms with Crippen LogP contribution in [-0.4, -0.2) is 10.5 Å². The third-order valence-corrected chi connectivity index (χ3v) is 4.78. The first-order chi connectivity index (χ1) is 11.7. The monoisotopic (exact) mass is 336 g/mol. The van der Waals surface area contributed by atoms with Gasteiger partial charge in [-0.15, -0.1) is 0 Å². The lowest BCUT2D eigenvalue weighted by Gasteiger charge is -2.18. The number of hydrogen-bond donors (Lipinski definition) is 1. The lowest BCUT2D eigenvalue weighted by atomic mass is 10.0. The molecule has 0 radical (unpaired) electrons. The molecule has 1 amide bonds. The van der Waals surface area contributed by atoms with E-state index in [2.05, 4.69) is 5.32 Å². The summed E-state index contributed by atoms with van der Waals surface area (Å²) in [6, 6.07) is 19.3. The molecule has 24 heavy (non-hydrogen) atoms. The summed E-state index contributed by atoms with van der Waals surface area (Å²) in [5.41, 5.74) is 2.59. The Bertz CT molecular complexity index is 848. The molecule has 1 heterocycles. The van der Waals surface area contributed by atoms with Crippen LogP contribution in [0.3, 0.4) is 0 Å². The minimum absolute atomic E-state index is 0.0403. The Hall–Kier alpha value is -2.52. The van der Waals surface area contributed by atoms with Crippen LogP contribution in [0.15, 0.2) is 73.1 Å². The Morgan fingerprint density at radius 3 is 2.17 bits per heavy atom. The minimum Gasteiger partial charge on any atom is -0.343 e. The topological polar surface area (TPSA) is 34.0 Å². The van der Waals surface area contributed by atoms with E-state index in [9.17, 15) is 4.79 Å². The van der Waals surface area contributed by atoms with Crippen molar-refractivity contribution in [2.24, 2.45) is 0 Å². The van der Waals surface area contributed by atoms with Crippen LogP contribution < -0.4 is 5.32 Å². The van der Waals surface area contributed by atoms with Gasteiger partial charge in [-0.25, -0.2) is 0 Å². The first-order valence-corrected chi connectivity index (χ1v) is 8.36. The smallest absolute Gasteiger partial charge is 0.251 e. The lowest BCUT2D eigenvalue weighted by Crippen LogP contribution is -2.34. The molecule has 1 aliphatic carbocycles. The summed E-state index contributed by atoms with van der Waals surface area (Å²) in [6.45, 7) is 0. The zero-order valence-corrected chi connectivity index (χ0v) is 13.8. The summed E-state index contributed by atoms with van der Waals surface area (Å²) in [4.78, 5) is 12.6. The zero-order valence-electron chi connectivity index (χ0n) is 13.1. The van der Waals surface area contributed by atoms with Crippen molar-refractivity contribution in [2.45, 2.75) is 18.4 Å². The first kappa shape index (κ1) is 15.0. The first-order valence-electron chi connectivity index (χ1n) is 7.98. The van der Waals surface area contributed by atoms with Gasteiger partial charge in [-0.1, -0.05) is 23.7 Å². The van der Waals surface area contributed by atoms with Crippen LogP contribution in [0, 0.1) is 0 Å². The standard InChI is InChI=1S/C20H17ClN2O/c21-17-7-5-16(6-8-17)20(11-12-20)22-19(24)15-3-9-18(10-4-15)23-13-1-2-14-23/h1-10,13-14H,11-12H2,(H,22,24). The molecular weight excluding hydrogens is 320 g/mol. The largest absolute Gasteiger partial charge is 0.343 e. The second kappa shape index (κ2) is 5.84. The number of amides is 1. The average molecular weight is 337 g/mol. The number of carbonyl (C=O) groups is 1. The highest BCUT2D eigenvalue weighted by atomic mass is 35.5. The van der Waals surface area contributed by atoms with Gasteiger partial charge in [0.1, 0.15) is 0 Å². The second-order valence-electron chi connectivity index (χ2n) is 6.18. The molecule has 0 aliphatic heterocycles. The molecule has 4 heteroatoms. The van der Waals surface area contributed by atoms with E-state index in [-0.39, 0.29) is 11.4 Å². The lowest BCUT2D eigenvalue weighted by molar-refractivity contribution is 0.0931. The van der Waals surface area contributed by atoms with E-state index >= 15 is 0 Å². The number of nitrogens with zero attached hydrogens (tertiary/aromatic N) is 1. The molecule has 4 rings (SSSR count). The maximum Gasteiger partial charge on any atom is 0.251 e. The van der Waals surface area contributed by atoms with Crippen LogP contribution >= 0.6 is 11.6 Å². The molecule has 120 valence electrons. The van der Waals surface area contributed by atoms with Crippen LogP contribution in [0.2, 0.25) is 5.02 Å². The number of rotatable bonds is 4. The Kier molecular flexibility index (Phi) is 3.66. The van der Waals surface area contributed by atoms with E-state index in [1.165, 1.54) is 0 Å². The van der Waals surface area contributed by atoms with Gasteiger partial charge >= 0.3 is 0 Å². The SMILES string of the molecule is O=C(NC1(c2ccc(Cl)cc2)CC1)c1ccc(-n2cccc2)cc1. The molecule has 1 aromatic heterocycles. The molecule has 0 spiro atoms. The quantitative estimate of drug-likeness (QED) is 0.745. The Labute approximate surface area is 145 Å². The molecule has 0 bridgehead atoms. The molecule has 1 fully saturated rings. The van der Waals surface area contributed by atoms with E-state index in [1.54, 1.807) is 0 Å². The highest BCUT2D eigenvalue weighted by Crippen LogP contribution is 2.45. The summed E-state index contributed by atoms with van der Waals surface area (Å²) in [7, 11) is 0. The number of halogens is 1. The van der Waals surface area contributed by atoms with Gasteiger partial charge in [-0.2, -0.15) is 0 Å². The number of nitrogens with one attached hydrogen (secondary N) is 1. The summed E-state index contributed by atoms with van der Waals surface area (Å²) >= 11 is 5.95. The van der Waals surface area contributed by atoms with Crippen LogP contribution in [0.5, 0.6) is 0 Å². The van der Waals surface area contributed by atoms with E-state index in [0.29, 0.717) is 10.6 Å². The van der Waals surface area contributed by atoms with Crippen molar-refractivity contribution >= 4 is 17.5 Å². The van der Waals surface area contributed by atoms with Gasteiger partial charge in [-0.3, -0.25) is 4.79 Å². The van der Waals surface area contributed by atoms with Crippen molar-refractivity contribution in [3.63, 3.8) is 0 Å². The Morgan fingerprint density at radius 1 is 0.958 bits per heavy atom. The second-order valence-corrected chi connectivity index (χ2v) is 6.62. The fraction of sp³-hybridized carbons (Fsp3) is 0.150. The van der Waals surface area contributed by atoms with Gasteiger partial charge in [0.2, 0.25) is 0 Å². The molecule has 0 unspecified atom stereocenters. The van der Waals surface area contributed by atoms with E-state index in [4.69, 9.17) is 11.6 Å². The van der Waals surface area contributed by atoms with Crippen LogP contribution in [0.25, 0.3) is 5.69 Å². The van der Waals surface area contributed by atoms with Crippen LogP contribution in [0.1, 0.15) is 28.8 Å². The minimum atomic E-state index is -0.235. The maximum atomic E-state index is 12.6. The molecule has 3 nitrogen and oxygen atoms in total. The van der Waals surface area contributed by atoms with Gasteiger partial charge in [0.25, 0.3) is 5.91 Å². The fourth-order valence-corrected chi connectivity index (χ4v) is 3.09. The molecule has 3 aromatic rings. The Balaban J connectivity index is 1.51. The molecule has 1 N–H and O–H groups in total. The van der Waals surface area contributed by atoms with E-state index in [1.807, 2.05) is 77.6 Å². The molecular formula is C20H17ClN2O. The van der Waals surface area contributed by atoms with Gasteiger partial charge in [0, 0.05) is 28.7 Å². The van der Waals surface area contributed by atoms with Gasteiger partial charge in [0.05, 0.1) is 5.54 Å². The molecule has 0 atom stereocenters. The summed E-state index contributed by atoms with van der Waals surface area (Å²) < 4.78 is 2.01. The van der Waals surface area contributed by atoms with Crippen molar-refractivity contribution in [1.29, 1.82) is 0 Å². The van der Waals surface area contributed by atoms with E-state index in [0.717, 1.165) is 24.1 Å². The third kappa shape index (κ3) is 2.83. The van der Waals surface area contributed by atoms with Crippen molar-refractivity contribution < 1.29 is 4.79 Å². The predicted molar refractivity (Wildman–Crippen MR) is 95.6 cm³/mol. The van der Waals surface area contributed by atoms with Crippen LogP contribution in [0.4, 0.5) is 0 Å². The van der Waals surface area contributed by atoms with Crippen molar-refractivity contribution in [3.8, 4) is 5.69 Å². The van der Waals surface area contributed by atoms with Crippen molar-refractivity contribution in [1.82, 2.24) is 9.88 Å². The molecule has 0 saturated heterocycles. The molecule has 1 saturated carbocycles. The van der Waals surface area contributed by atoms with Gasteiger partial charge < -0.3 is 9.88 Å². The summed E-state index contributed by atoms with van der Waals surface area (Å²) in [5, 5.41) is 3.89. The highest BCUT2D eigenvalue weighted by molar-refractivity contribution is 6.30. The zero-order chi connectivity index (χ0) is 16.6. The highest BCUT2D eigenvalue weighted by Gasteiger charge is 2.45. The van der Waals surface area contributed by atoms with Crippen LogP contribution in [-0.2, 0) is 5.54 Å².